The van der Waals surface area contributed by atoms with Gasteiger partial charge in [-0.25, -0.2) is 4.79 Å². The Bertz CT molecular complexity index is 1150. The van der Waals surface area contributed by atoms with Crippen LogP contribution in [-0.2, 0) is 17.7 Å². The van der Waals surface area contributed by atoms with E-state index in [2.05, 4.69) is 45.6 Å². The fourth-order valence-corrected chi connectivity index (χ4v) is 5.42. The first-order valence-electron chi connectivity index (χ1n) is 13.2. The molecule has 6 heteroatoms. The average molecular weight is 492 g/mol. The Morgan fingerprint density at radius 2 is 1.58 bits per heavy atom. The van der Waals surface area contributed by atoms with Crippen LogP contribution in [0, 0.1) is 6.92 Å². The predicted octanol–water partition coefficient (Wildman–Crippen LogP) is 4.50. The molecule has 2 heterocycles. The fraction of sp³-hybridized carbons (Fsp3) is 0.500. The summed E-state index contributed by atoms with van der Waals surface area (Å²) >= 11 is 0. The molecule has 0 spiro atoms. The van der Waals surface area contributed by atoms with Gasteiger partial charge in [0.15, 0.2) is 0 Å². The first kappa shape index (κ1) is 26.4. The lowest BCUT2D eigenvalue weighted by Gasteiger charge is -2.37. The second-order valence-electron chi connectivity index (χ2n) is 10.7. The molecule has 194 valence electrons. The number of aryl methyl sites for hydroxylation is 1. The minimum atomic E-state index is -0.620. The maximum absolute atomic E-state index is 11.8. The third-order valence-electron chi connectivity index (χ3n) is 7.30. The number of carbonyl (C=O) groups is 1. The van der Waals surface area contributed by atoms with Crippen LogP contribution in [0.2, 0.25) is 0 Å². The molecule has 6 nitrogen and oxygen atoms in total. The van der Waals surface area contributed by atoms with Crippen molar-refractivity contribution in [2.75, 3.05) is 46.4 Å². The smallest absolute Gasteiger partial charge is 0.337 e. The van der Waals surface area contributed by atoms with Gasteiger partial charge in [0.25, 0.3) is 0 Å². The van der Waals surface area contributed by atoms with Crippen LogP contribution in [0.1, 0.15) is 53.9 Å². The van der Waals surface area contributed by atoms with Gasteiger partial charge in [-0.05, 0) is 75.9 Å². The zero-order valence-electron chi connectivity index (χ0n) is 22.3. The van der Waals surface area contributed by atoms with Crippen molar-refractivity contribution in [3.63, 3.8) is 0 Å². The topological polar surface area (TPSA) is 57.9 Å². The van der Waals surface area contributed by atoms with Gasteiger partial charge in [0.05, 0.1) is 18.3 Å². The number of aliphatic hydroxyl groups is 1. The summed E-state index contributed by atoms with van der Waals surface area (Å²) in [5.41, 5.74) is 5.14. The number of ether oxygens (including phenoxy) is 1. The summed E-state index contributed by atoms with van der Waals surface area (Å²) in [6.45, 7) is 13.2. The van der Waals surface area contributed by atoms with Crippen molar-refractivity contribution in [3.05, 3.63) is 70.9 Å². The third-order valence-corrected chi connectivity index (χ3v) is 7.30. The van der Waals surface area contributed by atoms with Crippen molar-refractivity contribution < 1.29 is 14.6 Å². The van der Waals surface area contributed by atoms with Gasteiger partial charge in [-0.1, -0.05) is 30.3 Å². The maximum atomic E-state index is 11.8. The molecule has 0 radical (unpaired) electrons. The van der Waals surface area contributed by atoms with Crippen molar-refractivity contribution in [2.24, 2.45) is 0 Å². The Hall–Kier alpha value is -2.67. The van der Waals surface area contributed by atoms with Crippen LogP contribution in [0.15, 0.2) is 48.5 Å². The van der Waals surface area contributed by atoms with Crippen LogP contribution < -0.4 is 0 Å². The summed E-state index contributed by atoms with van der Waals surface area (Å²) in [5.74, 6) is -0.301. The van der Waals surface area contributed by atoms with Gasteiger partial charge in [-0.2, -0.15) is 0 Å². The Kier molecular flexibility index (Phi) is 8.50. The van der Waals surface area contributed by atoms with E-state index in [4.69, 9.17) is 4.74 Å². The Balaban J connectivity index is 1.35. The molecule has 0 saturated carbocycles. The number of rotatable bonds is 10. The molecular formula is C30H41N3O3. The van der Waals surface area contributed by atoms with Crippen molar-refractivity contribution in [2.45, 2.75) is 52.2 Å². The number of unbranched alkanes of at least 4 members (excludes halogenated alkanes) is 1. The highest BCUT2D eigenvalue weighted by molar-refractivity contribution is 5.89. The lowest BCUT2D eigenvalue weighted by molar-refractivity contribution is 0.0176. The van der Waals surface area contributed by atoms with E-state index in [1.165, 1.54) is 41.3 Å². The third kappa shape index (κ3) is 6.55. The molecule has 1 saturated heterocycles. The Morgan fingerprint density at radius 3 is 2.25 bits per heavy atom. The van der Waals surface area contributed by atoms with E-state index >= 15 is 0 Å². The summed E-state index contributed by atoms with van der Waals surface area (Å²) in [6, 6.07) is 16.4. The number of fused-ring (bicyclic) bond motifs is 1. The molecule has 2 aromatic carbocycles. The van der Waals surface area contributed by atoms with E-state index in [1.807, 2.05) is 38.1 Å². The fourth-order valence-electron chi connectivity index (χ4n) is 5.42. The Labute approximate surface area is 215 Å². The molecule has 4 rings (SSSR count). The molecule has 1 N–H and O–H groups in total. The highest BCUT2D eigenvalue weighted by atomic mass is 16.5. The molecule has 36 heavy (non-hydrogen) atoms. The number of esters is 1. The van der Waals surface area contributed by atoms with E-state index < -0.39 is 5.60 Å². The summed E-state index contributed by atoms with van der Waals surface area (Å²) < 4.78 is 7.31. The number of aromatic nitrogens is 1. The van der Waals surface area contributed by atoms with Crippen molar-refractivity contribution in [1.29, 1.82) is 0 Å². The number of methoxy groups -OCH3 is 1. The molecule has 1 aromatic heterocycles. The normalized spacial score (nSPS) is 15.5. The first-order chi connectivity index (χ1) is 17.2. The molecule has 3 aromatic rings. The van der Waals surface area contributed by atoms with Crippen LogP contribution in [-0.4, -0.2) is 77.4 Å². The zero-order valence-corrected chi connectivity index (χ0v) is 22.3. The highest BCUT2D eigenvalue weighted by Gasteiger charge is 2.22. The molecule has 1 aliphatic heterocycles. The van der Waals surface area contributed by atoms with Crippen molar-refractivity contribution >= 4 is 16.9 Å². The van der Waals surface area contributed by atoms with Gasteiger partial charge in [-0.15, -0.1) is 0 Å². The molecule has 0 amide bonds. The number of hydrogen-bond donors (Lipinski definition) is 1. The molecule has 0 unspecified atom stereocenters. The molecule has 1 fully saturated rings. The van der Waals surface area contributed by atoms with Crippen LogP contribution >= 0.6 is 0 Å². The van der Waals surface area contributed by atoms with Gasteiger partial charge in [0.1, 0.15) is 0 Å². The number of carbonyl (C=O) groups excluding carboxylic acids is 1. The minimum Gasteiger partial charge on any atom is -0.465 e. The molecular weight excluding hydrogens is 450 g/mol. The lowest BCUT2D eigenvalue weighted by Crippen LogP contribution is -2.50. The molecule has 0 bridgehead atoms. The van der Waals surface area contributed by atoms with E-state index in [-0.39, 0.29) is 5.97 Å². The van der Waals surface area contributed by atoms with E-state index in [0.717, 1.165) is 58.7 Å². The summed E-state index contributed by atoms with van der Waals surface area (Å²) in [7, 11) is 1.41. The van der Waals surface area contributed by atoms with Crippen molar-refractivity contribution in [3.8, 4) is 0 Å². The van der Waals surface area contributed by atoms with Gasteiger partial charge in [0, 0.05) is 55.9 Å². The largest absolute Gasteiger partial charge is 0.465 e. The number of β-amino-alcohol motifs (C(OH)–C–C–N with tert-alkyl or cyclic N) is 1. The second-order valence-corrected chi connectivity index (χ2v) is 10.7. The van der Waals surface area contributed by atoms with E-state index in [0.29, 0.717) is 5.56 Å². The summed E-state index contributed by atoms with van der Waals surface area (Å²) in [4.78, 5) is 16.7. The Morgan fingerprint density at radius 1 is 0.944 bits per heavy atom. The second kappa shape index (κ2) is 11.6. The number of para-hydroxylation sites is 1. The van der Waals surface area contributed by atoms with Gasteiger partial charge in [-0.3, -0.25) is 4.90 Å². The quantitative estimate of drug-likeness (QED) is 0.334. The zero-order chi connectivity index (χ0) is 25.7. The summed E-state index contributed by atoms with van der Waals surface area (Å²) in [6.07, 6.45) is 3.17. The van der Waals surface area contributed by atoms with Crippen molar-refractivity contribution in [1.82, 2.24) is 14.4 Å². The number of nitrogens with zero attached hydrogens (tertiary/aromatic N) is 3. The van der Waals surface area contributed by atoms with Crippen LogP contribution in [0.25, 0.3) is 10.9 Å². The standard InChI is InChI=1S/C30H41N3O3/c1-23-27(21-24-11-13-25(14-12-24)29(34)36-4)26-9-5-6-10-28(26)33(23)16-8-7-15-31-17-19-32(20-18-31)22-30(2,3)35/h5-6,9-14,35H,7-8,15-22H2,1-4H3. The first-order valence-corrected chi connectivity index (χ1v) is 13.2. The maximum Gasteiger partial charge on any atom is 0.337 e. The minimum absolute atomic E-state index is 0.301. The van der Waals surface area contributed by atoms with Gasteiger partial charge < -0.3 is 19.3 Å². The number of benzene rings is 2. The van der Waals surface area contributed by atoms with Crippen LogP contribution in [0.4, 0.5) is 0 Å². The SMILES string of the molecule is COC(=O)c1ccc(Cc2c(C)n(CCCCN3CCN(CC(C)(C)O)CC3)c3ccccc23)cc1. The molecule has 0 atom stereocenters. The van der Waals surface area contributed by atoms with Gasteiger partial charge in [0.2, 0.25) is 0 Å². The van der Waals surface area contributed by atoms with Crippen LogP contribution in [0.5, 0.6) is 0 Å². The number of piperazine rings is 1. The van der Waals surface area contributed by atoms with Crippen LogP contribution in [0.3, 0.4) is 0 Å². The average Bonchev–Trinajstić information content (AvgIpc) is 3.12. The predicted molar refractivity (Wildman–Crippen MR) is 146 cm³/mol. The van der Waals surface area contributed by atoms with Gasteiger partial charge >= 0.3 is 5.97 Å². The van der Waals surface area contributed by atoms with E-state index in [9.17, 15) is 9.90 Å². The molecule has 0 aliphatic carbocycles. The van der Waals surface area contributed by atoms with E-state index in [1.54, 1.807) is 0 Å². The lowest BCUT2D eigenvalue weighted by atomic mass is 10.0. The highest BCUT2D eigenvalue weighted by Crippen LogP contribution is 2.28. The monoisotopic (exact) mass is 491 g/mol. The molecule has 1 aliphatic rings. The number of hydrogen-bond acceptors (Lipinski definition) is 5. The summed E-state index contributed by atoms with van der Waals surface area (Å²) in [5, 5.41) is 11.4.